The molecule has 83 heavy (non-hydrogen) atoms. The highest BCUT2D eigenvalue weighted by Crippen LogP contribution is 2.17. The Morgan fingerprint density at radius 1 is 0.253 bits per heavy atom. The second-order valence-corrected chi connectivity index (χ2v) is 23.0. The fourth-order valence-corrected chi connectivity index (χ4v) is 9.75. The lowest BCUT2D eigenvalue weighted by Crippen LogP contribution is -2.30. The molecule has 0 aromatic carbocycles. The van der Waals surface area contributed by atoms with Gasteiger partial charge in [0.1, 0.15) is 13.2 Å². The van der Waals surface area contributed by atoms with Crippen molar-refractivity contribution in [1.29, 1.82) is 0 Å². The van der Waals surface area contributed by atoms with Gasteiger partial charge in [-0.1, -0.05) is 303 Å². The van der Waals surface area contributed by atoms with E-state index in [9.17, 15) is 14.4 Å². The number of carbonyl (C=O) groups is 3. The molecule has 0 aliphatic heterocycles. The Kier molecular flexibility index (Phi) is 66.7. The number of allylic oxidation sites excluding steroid dienone is 20. The Bertz CT molecular complexity index is 1700. The second kappa shape index (κ2) is 70.3. The van der Waals surface area contributed by atoms with Crippen molar-refractivity contribution < 1.29 is 28.6 Å². The summed E-state index contributed by atoms with van der Waals surface area (Å²) in [7, 11) is 0. The SMILES string of the molecule is CC/C=C\C/C=C\C/C=C\C/C=C\C/C=C\CCCCCCCCCCCCCCCC(=O)OCC(COC(=O)CCCCCCCCC/C=C\CCCCCCCC)OC(=O)CCCCCCCC/C=C\C/C=C\C/C=C\C/C=C\CC. The largest absolute Gasteiger partial charge is 0.462 e. The average molecular weight is 1150 g/mol. The minimum Gasteiger partial charge on any atom is -0.462 e. The van der Waals surface area contributed by atoms with Gasteiger partial charge in [0.25, 0.3) is 0 Å². The van der Waals surface area contributed by atoms with Gasteiger partial charge in [-0.15, -0.1) is 0 Å². The van der Waals surface area contributed by atoms with Gasteiger partial charge in [0.05, 0.1) is 0 Å². The van der Waals surface area contributed by atoms with Crippen molar-refractivity contribution in [3.05, 3.63) is 122 Å². The molecular weight excluding hydrogens is 1020 g/mol. The Morgan fingerprint density at radius 2 is 0.470 bits per heavy atom. The second-order valence-electron chi connectivity index (χ2n) is 23.0. The molecule has 0 saturated heterocycles. The summed E-state index contributed by atoms with van der Waals surface area (Å²) in [6.45, 7) is 6.43. The maximum absolute atomic E-state index is 13.0. The number of esters is 3. The first kappa shape index (κ1) is 78.8. The van der Waals surface area contributed by atoms with E-state index in [-0.39, 0.29) is 31.1 Å². The highest BCUT2D eigenvalue weighted by atomic mass is 16.6. The van der Waals surface area contributed by atoms with Gasteiger partial charge >= 0.3 is 17.9 Å². The molecule has 6 heteroatoms. The van der Waals surface area contributed by atoms with Gasteiger partial charge in [0, 0.05) is 19.3 Å². The predicted molar refractivity (Wildman–Crippen MR) is 362 cm³/mol. The minimum atomic E-state index is -0.792. The molecule has 0 saturated carbocycles. The molecule has 0 aliphatic carbocycles. The van der Waals surface area contributed by atoms with Crippen LogP contribution in [0.4, 0.5) is 0 Å². The Hall–Kier alpha value is -4.19. The summed E-state index contributed by atoms with van der Waals surface area (Å²) in [4.78, 5) is 38.5. The van der Waals surface area contributed by atoms with Crippen LogP contribution in [0.3, 0.4) is 0 Å². The Balaban J connectivity index is 4.34. The Labute approximate surface area is 513 Å². The summed E-state index contributed by atoms with van der Waals surface area (Å²) < 4.78 is 17.0. The standard InChI is InChI=1S/C77H130O6/c1-4-7-10-13-16-19-22-25-28-31-33-34-35-36-37-38-39-40-41-42-44-46-49-52-55-58-61-64-67-70-76(79)82-73-74(72-81-75(78)69-66-63-60-57-54-51-48-45-30-27-24-21-18-15-12-9-6-3)83-77(80)71-68-65-62-59-56-53-50-47-43-32-29-26-23-20-17-14-11-8-5-2/h7-8,10-11,16-17,19-20,25-30,33-34,36-37,43,47,74H,4-6,9,12-15,18,21-24,31-32,35,38-42,44-46,48-73H2,1-3H3/b10-7-,11-8-,19-16-,20-17-,28-25-,29-26-,30-27-,34-33-,37-36-,47-43-. The highest BCUT2D eigenvalue weighted by Gasteiger charge is 2.19. The maximum Gasteiger partial charge on any atom is 0.306 e. The highest BCUT2D eigenvalue weighted by molar-refractivity contribution is 5.71. The van der Waals surface area contributed by atoms with Crippen LogP contribution < -0.4 is 0 Å². The van der Waals surface area contributed by atoms with E-state index in [0.717, 1.165) is 128 Å². The predicted octanol–water partition coefficient (Wildman–Crippen LogP) is 24.3. The van der Waals surface area contributed by atoms with Gasteiger partial charge < -0.3 is 14.2 Å². The van der Waals surface area contributed by atoms with Gasteiger partial charge in [-0.3, -0.25) is 14.4 Å². The molecule has 0 aliphatic rings. The van der Waals surface area contributed by atoms with Crippen molar-refractivity contribution in [3.8, 4) is 0 Å². The first-order valence-corrected chi connectivity index (χ1v) is 35.0. The fraction of sp³-hybridized carbons (Fsp3) is 0.701. The first-order chi connectivity index (χ1) is 41.0. The van der Waals surface area contributed by atoms with Crippen LogP contribution in [0.15, 0.2) is 122 Å². The van der Waals surface area contributed by atoms with Gasteiger partial charge in [-0.2, -0.15) is 0 Å². The number of hydrogen-bond acceptors (Lipinski definition) is 6. The Morgan fingerprint density at radius 3 is 0.747 bits per heavy atom. The summed E-state index contributed by atoms with van der Waals surface area (Å²) in [5.41, 5.74) is 0. The monoisotopic (exact) mass is 1150 g/mol. The smallest absolute Gasteiger partial charge is 0.306 e. The zero-order chi connectivity index (χ0) is 59.9. The van der Waals surface area contributed by atoms with E-state index in [4.69, 9.17) is 14.2 Å². The third-order valence-electron chi connectivity index (χ3n) is 14.9. The summed E-state index contributed by atoms with van der Waals surface area (Å²) in [5.74, 6) is -0.894. The third-order valence-corrected chi connectivity index (χ3v) is 14.9. The molecule has 0 amide bonds. The lowest BCUT2D eigenvalue weighted by molar-refractivity contribution is -0.167. The van der Waals surface area contributed by atoms with E-state index in [2.05, 4.69) is 142 Å². The summed E-state index contributed by atoms with van der Waals surface area (Å²) in [5, 5.41) is 0. The molecule has 0 aromatic heterocycles. The number of carbonyl (C=O) groups excluding carboxylic acids is 3. The van der Waals surface area contributed by atoms with Gasteiger partial charge in [0.15, 0.2) is 6.10 Å². The molecule has 474 valence electrons. The van der Waals surface area contributed by atoms with Crippen molar-refractivity contribution in [2.24, 2.45) is 0 Å². The van der Waals surface area contributed by atoms with Gasteiger partial charge in [-0.25, -0.2) is 0 Å². The van der Waals surface area contributed by atoms with Crippen LogP contribution in [-0.4, -0.2) is 37.2 Å². The molecule has 0 spiro atoms. The van der Waals surface area contributed by atoms with E-state index < -0.39 is 6.10 Å². The lowest BCUT2D eigenvalue weighted by Gasteiger charge is -2.18. The zero-order valence-electron chi connectivity index (χ0n) is 54.4. The molecule has 0 radical (unpaired) electrons. The summed E-state index contributed by atoms with van der Waals surface area (Å²) in [6, 6.07) is 0. The molecule has 0 rings (SSSR count). The van der Waals surface area contributed by atoms with E-state index in [0.29, 0.717) is 19.3 Å². The summed E-state index contributed by atoms with van der Waals surface area (Å²) >= 11 is 0. The van der Waals surface area contributed by atoms with E-state index in [1.165, 1.54) is 161 Å². The summed E-state index contributed by atoms with van der Waals surface area (Å²) in [6.07, 6.45) is 97.8. The van der Waals surface area contributed by atoms with Crippen LogP contribution in [0.1, 0.15) is 329 Å². The molecule has 0 aromatic rings. The molecule has 0 heterocycles. The molecule has 6 nitrogen and oxygen atoms in total. The fourth-order valence-electron chi connectivity index (χ4n) is 9.75. The van der Waals surface area contributed by atoms with E-state index in [1.54, 1.807) is 0 Å². The molecular formula is C77H130O6. The topological polar surface area (TPSA) is 78.9 Å². The average Bonchev–Trinajstić information content (AvgIpc) is 3.49. The van der Waals surface area contributed by atoms with Crippen LogP contribution in [0.25, 0.3) is 0 Å². The normalized spacial score (nSPS) is 12.9. The van der Waals surface area contributed by atoms with Crippen LogP contribution in [-0.2, 0) is 28.6 Å². The van der Waals surface area contributed by atoms with Crippen molar-refractivity contribution in [1.82, 2.24) is 0 Å². The quantitative estimate of drug-likeness (QED) is 0.0261. The first-order valence-electron chi connectivity index (χ1n) is 35.0. The van der Waals surface area contributed by atoms with Crippen LogP contribution >= 0.6 is 0 Å². The minimum absolute atomic E-state index is 0.0862. The van der Waals surface area contributed by atoms with Crippen molar-refractivity contribution in [2.45, 2.75) is 335 Å². The zero-order valence-corrected chi connectivity index (χ0v) is 54.4. The molecule has 0 bridgehead atoms. The molecule has 0 fully saturated rings. The van der Waals surface area contributed by atoms with Crippen molar-refractivity contribution in [2.75, 3.05) is 13.2 Å². The van der Waals surface area contributed by atoms with Crippen LogP contribution in [0.5, 0.6) is 0 Å². The lowest BCUT2D eigenvalue weighted by atomic mass is 10.0. The number of unbranched alkanes of at least 4 members (excludes halogenated alkanes) is 32. The van der Waals surface area contributed by atoms with Crippen LogP contribution in [0, 0.1) is 0 Å². The van der Waals surface area contributed by atoms with E-state index in [1.807, 2.05) is 0 Å². The molecule has 0 N–H and O–H groups in total. The molecule has 1 unspecified atom stereocenters. The van der Waals surface area contributed by atoms with Crippen molar-refractivity contribution in [3.63, 3.8) is 0 Å². The number of hydrogen-bond donors (Lipinski definition) is 0. The molecule has 1 atom stereocenters. The van der Waals surface area contributed by atoms with Gasteiger partial charge in [0.2, 0.25) is 0 Å². The third kappa shape index (κ3) is 68.5. The van der Waals surface area contributed by atoms with Gasteiger partial charge in [-0.05, 0) is 128 Å². The van der Waals surface area contributed by atoms with Crippen LogP contribution in [0.2, 0.25) is 0 Å². The van der Waals surface area contributed by atoms with E-state index >= 15 is 0 Å². The number of rotatable bonds is 63. The van der Waals surface area contributed by atoms with Crippen molar-refractivity contribution >= 4 is 17.9 Å². The number of ether oxygens (including phenoxy) is 3. The maximum atomic E-state index is 13.0.